The number of carboxylic acid groups (broad SMARTS) is 1. The smallest absolute Gasteiger partial charge is 0.349 e. The summed E-state index contributed by atoms with van der Waals surface area (Å²) in [5, 5.41) is 22.0. The molecule has 4 fully saturated rings. The molecule has 6 nitrogen and oxygen atoms in total. The molecule has 0 heterocycles. The van der Waals surface area contributed by atoms with Crippen LogP contribution in [0.15, 0.2) is 23.8 Å². The summed E-state index contributed by atoms with van der Waals surface area (Å²) < 4.78 is 37.3. The van der Waals surface area contributed by atoms with Crippen molar-refractivity contribution in [1.29, 1.82) is 0 Å². The minimum atomic E-state index is -2.36. The monoisotopic (exact) mass is 560 g/mol. The van der Waals surface area contributed by atoms with Crippen LogP contribution in [-0.4, -0.2) is 55.8 Å². The van der Waals surface area contributed by atoms with Crippen molar-refractivity contribution in [3.63, 3.8) is 0 Å². The van der Waals surface area contributed by atoms with Crippen LogP contribution in [0.5, 0.6) is 0 Å². The third-order valence-corrected chi connectivity index (χ3v) is 12.3. The van der Waals surface area contributed by atoms with Crippen LogP contribution in [0.1, 0.15) is 53.9 Å². The van der Waals surface area contributed by atoms with Gasteiger partial charge in [0.1, 0.15) is 10.5 Å². The van der Waals surface area contributed by atoms with Gasteiger partial charge in [-0.15, -0.1) is 23.2 Å². The lowest BCUT2D eigenvalue weighted by Crippen LogP contribution is -2.71. The number of halogens is 4. The second-order valence-electron chi connectivity index (χ2n) is 12.7. The Bertz CT molecular complexity index is 1150. The zero-order valence-electron chi connectivity index (χ0n) is 21.4. The third-order valence-electron chi connectivity index (χ3n) is 10.8. The lowest BCUT2D eigenvalue weighted by atomic mass is 9.44. The van der Waals surface area contributed by atoms with Crippen molar-refractivity contribution in [3.05, 3.63) is 23.8 Å². The maximum Gasteiger partial charge on any atom is 0.349 e. The molecule has 204 valence electrons. The first-order chi connectivity index (χ1) is 16.8. The highest BCUT2D eigenvalue weighted by molar-refractivity contribution is 6.53. The van der Waals surface area contributed by atoms with Crippen molar-refractivity contribution in [2.45, 2.75) is 81.8 Å². The minimum absolute atomic E-state index is 0.0140. The van der Waals surface area contributed by atoms with Gasteiger partial charge in [0, 0.05) is 28.1 Å². The zero-order valence-corrected chi connectivity index (χ0v) is 22.9. The first-order valence-electron chi connectivity index (χ1n) is 12.6. The molecular formula is C27H32Cl2F2O6. The molecule has 0 aromatic heterocycles. The number of hydrogen-bond acceptors (Lipinski definition) is 5. The van der Waals surface area contributed by atoms with Crippen molar-refractivity contribution < 1.29 is 38.1 Å². The second kappa shape index (κ2) is 7.57. The Morgan fingerprint density at radius 2 is 1.73 bits per heavy atom. The molecule has 0 amide bonds. The van der Waals surface area contributed by atoms with Gasteiger partial charge in [0.2, 0.25) is 5.60 Å². The number of aliphatic carboxylic acids is 1. The topological polar surface area (TPSA) is 101 Å². The van der Waals surface area contributed by atoms with Crippen LogP contribution in [0, 0.1) is 39.9 Å². The molecule has 5 aliphatic rings. The molecule has 0 aromatic carbocycles. The fraction of sp³-hybridized carbons (Fsp3) is 0.741. The van der Waals surface area contributed by atoms with E-state index < -0.39 is 85.5 Å². The molecule has 10 heteroatoms. The van der Waals surface area contributed by atoms with Gasteiger partial charge in [-0.05, 0) is 49.8 Å². The van der Waals surface area contributed by atoms with Gasteiger partial charge in [0.15, 0.2) is 11.5 Å². The lowest BCUT2D eigenvalue weighted by molar-refractivity contribution is -0.238. The molecule has 0 bridgehead atoms. The maximum absolute atomic E-state index is 17.3. The fourth-order valence-electron chi connectivity index (χ4n) is 8.56. The quantitative estimate of drug-likeness (QED) is 0.381. The Labute approximate surface area is 224 Å². The highest BCUT2D eigenvalue weighted by Crippen LogP contribution is 2.73. The minimum Gasteiger partial charge on any atom is -0.478 e. The van der Waals surface area contributed by atoms with Gasteiger partial charge in [-0.1, -0.05) is 33.8 Å². The standard InChI is InChI=1S/C27H32Cl2F2O6/c1-12-8-14-15-10-17(30)16-9-13(32)6-7-23(16,4)25(15,31)18(33)11-24(14,5)26(12,21(35)36)37-20(34)19-22(2,3)27(19,28)29/h6-7,9,12,14-15,17-19,33H,8,10-11H2,1-5H3,(H,35,36)/t12-,14+,15+,17+,18+,19?,23+,24+,25+,26+/m1/s1. The number of aliphatic hydroxyl groups is 1. The van der Waals surface area contributed by atoms with E-state index in [1.54, 1.807) is 27.7 Å². The van der Waals surface area contributed by atoms with Crippen LogP contribution in [0.25, 0.3) is 0 Å². The van der Waals surface area contributed by atoms with E-state index in [9.17, 15) is 24.6 Å². The number of ketones is 1. The number of fused-ring (bicyclic) bond motifs is 5. The average molecular weight is 561 g/mol. The molecule has 0 aromatic rings. The number of allylic oxidation sites excluding steroid dienone is 4. The van der Waals surface area contributed by atoms with E-state index in [1.165, 1.54) is 19.1 Å². The number of aliphatic hydroxyl groups excluding tert-OH is 1. The molecule has 2 N–H and O–H groups in total. The van der Waals surface area contributed by atoms with E-state index in [0.717, 1.165) is 6.08 Å². The molecule has 0 radical (unpaired) electrons. The van der Waals surface area contributed by atoms with Crippen LogP contribution >= 0.6 is 23.2 Å². The fourth-order valence-corrected chi connectivity index (χ4v) is 9.39. The van der Waals surface area contributed by atoms with Crippen molar-refractivity contribution in [2.24, 2.45) is 39.9 Å². The summed E-state index contributed by atoms with van der Waals surface area (Å²) in [5.41, 5.74) is -8.34. The summed E-state index contributed by atoms with van der Waals surface area (Å²) in [6, 6.07) is 0. The summed E-state index contributed by atoms with van der Waals surface area (Å²) in [6.45, 7) is 8.03. The summed E-state index contributed by atoms with van der Waals surface area (Å²) in [4.78, 5) is 38.3. The predicted molar refractivity (Wildman–Crippen MR) is 131 cm³/mol. The van der Waals surface area contributed by atoms with Gasteiger partial charge in [-0.25, -0.2) is 13.6 Å². The van der Waals surface area contributed by atoms with Crippen LogP contribution in [-0.2, 0) is 19.1 Å². The maximum atomic E-state index is 17.3. The van der Waals surface area contributed by atoms with E-state index >= 15 is 8.78 Å². The number of carbonyl (C=O) groups is 3. The van der Waals surface area contributed by atoms with Crippen molar-refractivity contribution in [3.8, 4) is 0 Å². The van der Waals surface area contributed by atoms with Gasteiger partial charge >= 0.3 is 11.9 Å². The van der Waals surface area contributed by atoms with Crippen molar-refractivity contribution in [1.82, 2.24) is 0 Å². The summed E-state index contributed by atoms with van der Waals surface area (Å²) in [6.07, 6.45) is -0.267. The van der Waals surface area contributed by atoms with Crippen LogP contribution in [0.3, 0.4) is 0 Å². The Hall–Kier alpha value is -1.51. The average Bonchev–Trinajstić information content (AvgIpc) is 3.08. The Balaban J connectivity index is 1.59. The lowest BCUT2D eigenvalue weighted by Gasteiger charge is -2.62. The largest absolute Gasteiger partial charge is 0.478 e. The first kappa shape index (κ1) is 27.1. The SMILES string of the molecule is C[C@@H]1C[C@H]2[C@@H]3C[C@H](F)C4=CC(=O)C=C[C@]4(C)[C@@]3(F)[C@@H](O)C[C@]2(C)[C@@]1(OC(=O)C1C(C)(C)C1(Cl)Cl)C(=O)O. The van der Waals surface area contributed by atoms with E-state index in [1.807, 2.05) is 0 Å². The van der Waals surface area contributed by atoms with Gasteiger partial charge in [-0.3, -0.25) is 9.59 Å². The molecule has 0 aliphatic heterocycles. The zero-order chi connectivity index (χ0) is 27.7. The van der Waals surface area contributed by atoms with Gasteiger partial charge < -0.3 is 14.9 Å². The molecule has 37 heavy (non-hydrogen) atoms. The Kier molecular flexibility index (Phi) is 5.54. The molecule has 4 saturated carbocycles. The van der Waals surface area contributed by atoms with E-state index in [0.29, 0.717) is 0 Å². The number of rotatable bonds is 3. The second-order valence-corrected chi connectivity index (χ2v) is 14.1. The number of ether oxygens (including phenoxy) is 1. The summed E-state index contributed by atoms with van der Waals surface area (Å²) in [5.74, 6) is -6.28. The van der Waals surface area contributed by atoms with E-state index in [4.69, 9.17) is 27.9 Å². The van der Waals surface area contributed by atoms with Gasteiger partial charge in [0.05, 0.1) is 12.0 Å². The van der Waals surface area contributed by atoms with Crippen LogP contribution in [0.4, 0.5) is 8.78 Å². The molecule has 10 atom stereocenters. The Morgan fingerprint density at radius 1 is 1.14 bits per heavy atom. The first-order valence-corrected chi connectivity index (χ1v) is 13.4. The van der Waals surface area contributed by atoms with E-state index in [2.05, 4.69) is 0 Å². The summed E-state index contributed by atoms with van der Waals surface area (Å²) >= 11 is 12.6. The number of alkyl halides is 4. The van der Waals surface area contributed by atoms with Crippen LogP contribution < -0.4 is 0 Å². The highest BCUT2D eigenvalue weighted by atomic mass is 35.5. The third kappa shape index (κ3) is 2.93. The normalized spacial score (nSPS) is 50.9. The number of hydrogen-bond donors (Lipinski definition) is 2. The van der Waals surface area contributed by atoms with Crippen molar-refractivity contribution in [2.75, 3.05) is 0 Å². The highest BCUT2D eigenvalue weighted by Gasteiger charge is 2.80. The van der Waals surface area contributed by atoms with Gasteiger partial charge in [0.25, 0.3) is 0 Å². The number of carboxylic acids is 1. The molecule has 1 unspecified atom stereocenters. The van der Waals surface area contributed by atoms with Gasteiger partial charge in [-0.2, -0.15) is 0 Å². The Morgan fingerprint density at radius 3 is 2.27 bits per heavy atom. The summed E-state index contributed by atoms with van der Waals surface area (Å²) in [7, 11) is 0. The molecule has 0 spiro atoms. The predicted octanol–water partition coefficient (Wildman–Crippen LogP) is 4.75. The van der Waals surface area contributed by atoms with E-state index in [-0.39, 0.29) is 24.8 Å². The number of esters is 1. The number of carbonyl (C=O) groups excluding carboxylic acids is 2. The molecular weight excluding hydrogens is 529 g/mol. The molecule has 0 saturated heterocycles. The molecule has 5 aliphatic carbocycles. The molecule has 5 rings (SSSR count). The van der Waals surface area contributed by atoms with Crippen molar-refractivity contribution >= 4 is 40.9 Å². The van der Waals surface area contributed by atoms with Crippen LogP contribution in [0.2, 0.25) is 0 Å².